The Labute approximate surface area is 97.7 Å². The lowest BCUT2D eigenvalue weighted by Gasteiger charge is -2.01. The topological polar surface area (TPSA) is 66.2 Å². The maximum atomic E-state index is 9.08. The monoisotopic (exact) mass is 228 g/mol. The molecule has 2 N–H and O–H groups in total. The molecule has 3 rings (SSSR count). The predicted octanol–water partition coefficient (Wildman–Crippen LogP) is 1.53. The molecule has 1 aromatic carbocycles. The number of fused-ring (bicyclic) bond motifs is 1. The fourth-order valence-corrected chi connectivity index (χ4v) is 1.91. The summed E-state index contributed by atoms with van der Waals surface area (Å²) in [5.74, 6) is 0.762. The Bertz CT molecular complexity index is 668. The number of aromatic amines is 1. The molecule has 2 aromatic heterocycles. The summed E-state index contributed by atoms with van der Waals surface area (Å²) >= 11 is 0. The van der Waals surface area contributed by atoms with E-state index in [2.05, 4.69) is 15.3 Å². The van der Waals surface area contributed by atoms with Crippen LogP contribution in [0.25, 0.3) is 17.0 Å². The summed E-state index contributed by atoms with van der Waals surface area (Å²) < 4.78 is 1.79. The van der Waals surface area contributed by atoms with Crippen LogP contribution in [0.15, 0.2) is 30.3 Å². The molecule has 0 aliphatic heterocycles. The highest BCUT2D eigenvalue weighted by atomic mass is 16.3. The van der Waals surface area contributed by atoms with Crippen molar-refractivity contribution >= 4 is 5.65 Å². The van der Waals surface area contributed by atoms with Gasteiger partial charge in [-0.05, 0) is 12.5 Å². The smallest absolute Gasteiger partial charge is 0.183 e. The van der Waals surface area contributed by atoms with E-state index in [4.69, 9.17) is 5.11 Å². The van der Waals surface area contributed by atoms with Gasteiger partial charge in [-0.25, -0.2) is 4.52 Å². The number of nitrogens with zero attached hydrogens (tertiary/aromatic N) is 3. The highest BCUT2D eigenvalue weighted by molar-refractivity contribution is 5.62. The Morgan fingerprint density at radius 1 is 1.29 bits per heavy atom. The lowest BCUT2D eigenvalue weighted by Crippen LogP contribution is -1.94. The first kappa shape index (κ1) is 10.0. The van der Waals surface area contributed by atoms with Crippen LogP contribution in [0, 0.1) is 6.92 Å². The summed E-state index contributed by atoms with van der Waals surface area (Å²) in [7, 11) is 0. The maximum Gasteiger partial charge on any atom is 0.183 e. The summed E-state index contributed by atoms with van der Waals surface area (Å²) in [5.41, 5.74) is 3.62. The lowest BCUT2D eigenvalue weighted by atomic mass is 10.1. The summed E-state index contributed by atoms with van der Waals surface area (Å²) in [6.07, 6.45) is 0. The molecule has 0 saturated heterocycles. The van der Waals surface area contributed by atoms with Crippen LogP contribution in [0.5, 0.6) is 0 Å². The molecule has 0 saturated carbocycles. The van der Waals surface area contributed by atoms with Gasteiger partial charge < -0.3 is 5.11 Å². The van der Waals surface area contributed by atoms with Crippen LogP contribution >= 0.6 is 0 Å². The third-order valence-electron chi connectivity index (χ3n) is 2.80. The number of benzene rings is 1. The van der Waals surface area contributed by atoms with Crippen LogP contribution < -0.4 is 0 Å². The van der Waals surface area contributed by atoms with E-state index < -0.39 is 0 Å². The number of H-pyrrole nitrogens is 1. The molecule has 2 heterocycles. The minimum absolute atomic E-state index is 0.0312. The number of aromatic nitrogens is 4. The van der Waals surface area contributed by atoms with Crippen molar-refractivity contribution in [1.29, 1.82) is 0 Å². The number of aryl methyl sites for hydroxylation is 1. The van der Waals surface area contributed by atoms with Crippen molar-refractivity contribution < 1.29 is 5.11 Å². The SMILES string of the molecule is Cc1ccccc1-c1nnc2cc(CO)[nH]n12. The van der Waals surface area contributed by atoms with Gasteiger partial charge in [0.1, 0.15) is 0 Å². The average Bonchev–Trinajstić information content (AvgIpc) is 2.89. The van der Waals surface area contributed by atoms with E-state index in [1.54, 1.807) is 10.6 Å². The van der Waals surface area contributed by atoms with E-state index in [1.807, 2.05) is 31.2 Å². The largest absolute Gasteiger partial charge is 0.390 e. The van der Waals surface area contributed by atoms with Gasteiger partial charge in [-0.3, -0.25) is 5.10 Å². The van der Waals surface area contributed by atoms with Gasteiger partial charge in [0.2, 0.25) is 0 Å². The van der Waals surface area contributed by atoms with Crippen LogP contribution in [0.1, 0.15) is 11.3 Å². The first-order chi connectivity index (χ1) is 8.29. The highest BCUT2D eigenvalue weighted by Crippen LogP contribution is 2.21. The van der Waals surface area contributed by atoms with Gasteiger partial charge in [0.15, 0.2) is 11.5 Å². The molecule has 5 heteroatoms. The lowest BCUT2D eigenvalue weighted by molar-refractivity contribution is 0.276. The molecule has 0 aliphatic carbocycles. The number of aliphatic hydroxyl groups excluding tert-OH is 1. The van der Waals surface area contributed by atoms with E-state index >= 15 is 0 Å². The molecule has 5 nitrogen and oxygen atoms in total. The molecule has 17 heavy (non-hydrogen) atoms. The van der Waals surface area contributed by atoms with Gasteiger partial charge in [-0.1, -0.05) is 24.3 Å². The predicted molar refractivity (Wildman–Crippen MR) is 63.4 cm³/mol. The van der Waals surface area contributed by atoms with Crippen molar-refractivity contribution in [3.05, 3.63) is 41.6 Å². The summed E-state index contributed by atoms with van der Waals surface area (Å²) in [5, 5.41) is 20.4. The van der Waals surface area contributed by atoms with E-state index in [0.717, 1.165) is 22.6 Å². The number of nitrogens with one attached hydrogen (secondary N) is 1. The van der Waals surface area contributed by atoms with Crippen molar-refractivity contribution in [3.8, 4) is 11.4 Å². The van der Waals surface area contributed by atoms with E-state index in [1.165, 1.54) is 0 Å². The van der Waals surface area contributed by atoms with Crippen LogP contribution in [-0.2, 0) is 6.61 Å². The second kappa shape index (κ2) is 3.71. The third-order valence-corrected chi connectivity index (χ3v) is 2.80. The summed E-state index contributed by atoms with van der Waals surface area (Å²) in [4.78, 5) is 0. The van der Waals surface area contributed by atoms with Gasteiger partial charge in [0.05, 0.1) is 12.3 Å². The van der Waals surface area contributed by atoms with Crippen LogP contribution in [0.4, 0.5) is 0 Å². The molecule has 0 radical (unpaired) electrons. The minimum atomic E-state index is -0.0312. The number of hydrogen-bond acceptors (Lipinski definition) is 3. The normalized spacial score (nSPS) is 11.2. The molecular formula is C12H12N4O. The molecule has 0 amide bonds. The fraction of sp³-hybridized carbons (Fsp3) is 0.167. The fourth-order valence-electron chi connectivity index (χ4n) is 1.91. The number of aliphatic hydroxyl groups is 1. The quantitative estimate of drug-likeness (QED) is 0.699. The van der Waals surface area contributed by atoms with Crippen molar-refractivity contribution in [2.24, 2.45) is 0 Å². The standard InChI is InChI=1S/C12H12N4O/c1-8-4-2-3-5-10(8)12-14-13-11-6-9(7-17)15-16(11)12/h2-6,15,17H,7H2,1H3. The molecule has 0 fully saturated rings. The zero-order valence-electron chi connectivity index (χ0n) is 9.38. The van der Waals surface area contributed by atoms with Gasteiger partial charge in [0, 0.05) is 11.6 Å². The first-order valence-electron chi connectivity index (χ1n) is 5.39. The second-order valence-corrected chi connectivity index (χ2v) is 3.97. The highest BCUT2D eigenvalue weighted by Gasteiger charge is 2.11. The zero-order valence-corrected chi connectivity index (χ0v) is 9.38. The Hall–Kier alpha value is -2.14. The molecule has 86 valence electrons. The summed E-state index contributed by atoms with van der Waals surface area (Å²) in [6.45, 7) is 2.00. The number of rotatable bonds is 2. The van der Waals surface area contributed by atoms with Crippen molar-refractivity contribution in [2.45, 2.75) is 13.5 Å². The summed E-state index contributed by atoms with van der Waals surface area (Å²) in [6, 6.07) is 9.79. The molecule has 0 aliphatic rings. The van der Waals surface area contributed by atoms with Crippen LogP contribution in [0.3, 0.4) is 0 Å². The first-order valence-corrected chi connectivity index (χ1v) is 5.39. The second-order valence-electron chi connectivity index (χ2n) is 3.97. The molecule has 0 atom stereocenters. The minimum Gasteiger partial charge on any atom is -0.390 e. The van der Waals surface area contributed by atoms with E-state index in [9.17, 15) is 0 Å². The van der Waals surface area contributed by atoms with Crippen molar-refractivity contribution in [1.82, 2.24) is 19.8 Å². The van der Waals surface area contributed by atoms with Crippen molar-refractivity contribution in [2.75, 3.05) is 0 Å². The van der Waals surface area contributed by atoms with Gasteiger partial charge in [-0.2, -0.15) is 0 Å². The molecule has 0 bridgehead atoms. The molecular weight excluding hydrogens is 216 g/mol. The maximum absolute atomic E-state index is 9.08. The van der Waals surface area contributed by atoms with Gasteiger partial charge in [-0.15, -0.1) is 10.2 Å². The molecule has 3 aromatic rings. The van der Waals surface area contributed by atoms with E-state index in [0.29, 0.717) is 5.65 Å². The Balaban J connectivity index is 2.23. The van der Waals surface area contributed by atoms with Gasteiger partial charge in [0.25, 0.3) is 0 Å². The Morgan fingerprint density at radius 3 is 2.88 bits per heavy atom. The molecule has 0 spiro atoms. The Kier molecular flexibility index (Phi) is 2.19. The Morgan fingerprint density at radius 2 is 2.12 bits per heavy atom. The van der Waals surface area contributed by atoms with Crippen molar-refractivity contribution in [3.63, 3.8) is 0 Å². The van der Waals surface area contributed by atoms with Gasteiger partial charge >= 0.3 is 0 Å². The average molecular weight is 228 g/mol. The third kappa shape index (κ3) is 1.52. The molecule has 0 unspecified atom stereocenters. The van der Waals surface area contributed by atoms with Crippen LogP contribution in [-0.4, -0.2) is 24.9 Å². The van der Waals surface area contributed by atoms with Crippen LogP contribution in [0.2, 0.25) is 0 Å². The van der Waals surface area contributed by atoms with E-state index in [-0.39, 0.29) is 6.61 Å². The zero-order chi connectivity index (χ0) is 11.8. The number of hydrogen-bond donors (Lipinski definition) is 2.